The van der Waals surface area contributed by atoms with Crippen LogP contribution in [0.15, 0.2) is 16.7 Å². The minimum atomic E-state index is -4.48. The first-order chi connectivity index (χ1) is 9.35. The first kappa shape index (κ1) is 17.2. The molecule has 0 saturated carbocycles. The molecular formula is C13H18BrF3N2O. The monoisotopic (exact) mass is 354 g/mol. The predicted molar refractivity (Wildman–Crippen MR) is 75.7 cm³/mol. The van der Waals surface area contributed by atoms with Crippen LogP contribution in [0.25, 0.3) is 0 Å². The Morgan fingerprint density at radius 1 is 1.35 bits per heavy atom. The molecule has 0 amide bonds. The first-order valence-electron chi connectivity index (χ1n) is 6.45. The number of aliphatic hydroxyl groups excluding tert-OH is 1. The molecule has 1 N–H and O–H groups in total. The summed E-state index contributed by atoms with van der Waals surface area (Å²) in [6, 6.07) is 0.937. The summed E-state index contributed by atoms with van der Waals surface area (Å²) in [5, 5.41) is 9.13. The van der Waals surface area contributed by atoms with Gasteiger partial charge in [0.25, 0.3) is 0 Å². The second-order valence-corrected chi connectivity index (χ2v) is 5.33. The maximum atomic E-state index is 13.2. The summed E-state index contributed by atoms with van der Waals surface area (Å²) in [6.45, 7) is 3.73. The van der Waals surface area contributed by atoms with Crippen LogP contribution in [-0.4, -0.2) is 29.3 Å². The van der Waals surface area contributed by atoms with Crippen LogP contribution < -0.4 is 4.90 Å². The Labute approximate surface area is 124 Å². The van der Waals surface area contributed by atoms with E-state index in [1.165, 1.54) is 11.1 Å². The van der Waals surface area contributed by atoms with Gasteiger partial charge in [0.1, 0.15) is 5.82 Å². The van der Waals surface area contributed by atoms with Crippen LogP contribution in [0.1, 0.15) is 32.3 Å². The van der Waals surface area contributed by atoms with Gasteiger partial charge < -0.3 is 10.0 Å². The van der Waals surface area contributed by atoms with Crippen molar-refractivity contribution in [3.63, 3.8) is 0 Å². The number of hydrogen-bond donors (Lipinski definition) is 1. The highest BCUT2D eigenvalue weighted by Crippen LogP contribution is 2.37. The van der Waals surface area contributed by atoms with Gasteiger partial charge in [0.15, 0.2) is 0 Å². The summed E-state index contributed by atoms with van der Waals surface area (Å²) in [4.78, 5) is 5.47. The van der Waals surface area contributed by atoms with Crippen molar-refractivity contribution >= 4 is 21.7 Å². The molecule has 0 unspecified atom stereocenters. The lowest BCUT2D eigenvalue weighted by atomic mass is 10.1. The van der Waals surface area contributed by atoms with Crippen LogP contribution in [0, 0.1) is 0 Å². The Bertz CT molecular complexity index is 436. The Hall–Kier alpha value is -0.820. The van der Waals surface area contributed by atoms with Gasteiger partial charge in [-0.25, -0.2) is 4.98 Å². The van der Waals surface area contributed by atoms with Crippen LogP contribution in [-0.2, 0) is 6.18 Å². The molecule has 1 aromatic rings. The highest BCUT2D eigenvalue weighted by atomic mass is 79.9. The summed E-state index contributed by atoms with van der Waals surface area (Å²) in [7, 11) is 0. The van der Waals surface area contributed by atoms with Gasteiger partial charge in [-0.1, -0.05) is 13.8 Å². The SMILES string of the molecule is CCC(CC)N(CCO)c1ncc(Br)cc1C(F)(F)F. The van der Waals surface area contributed by atoms with E-state index < -0.39 is 11.7 Å². The normalized spacial score (nSPS) is 12.0. The average molecular weight is 355 g/mol. The zero-order valence-electron chi connectivity index (χ0n) is 11.4. The average Bonchev–Trinajstić information content (AvgIpc) is 2.38. The number of anilines is 1. The van der Waals surface area contributed by atoms with Crippen LogP contribution >= 0.6 is 15.9 Å². The Morgan fingerprint density at radius 2 is 1.95 bits per heavy atom. The molecule has 0 fully saturated rings. The Kier molecular flexibility index (Phi) is 6.26. The Morgan fingerprint density at radius 3 is 2.40 bits per heavy atom. The molecule has 7 heteroatoms. The highest BCUT2D eigenvalue weighted by molar-refractivity contribution is 9.10. The molecule has 0 saturated heterocycles. The van der Waals surface area contributed by atoms with E-state index in [-0.39, 0.29) is 29.5 Å². The predicted octanol–water partition coefficient (Wildman–Crippen LogP) is 3.85. The fourth-order valence-corrected chi connectivity index (χ4v) is 2.50. The number of rotatable bonds is 6. The minimum Gasteiger partial charge on any atom is -0.395 e. The van der Waals surface area contributed by atoms with E-state index in [2.05, 4.69) is 20.9 Å². The minimum absolute atomic E-state index is 0.0862. The van der Waals surface area contributed by atoms with Gasteiger partial charge in [0, 0.05) is 23.3 Å². The largest absolute Gasteiger partial charge is 0.419 e. The van der Waals surface area contributed by atoms with E-state index >= 15 is 0 Å². The summed E-state index contributed by atoms with van der Waals surface area (Å²) >= 11 is 3.02. The maximum Gasteiger partial charge on any atom is 0.419 e. The van der Waals surface area contributed by atoms with Crippen LogP contribution in [0.3, 0.4) is 0 Å². The third kappa shape index (κ3) is 4.09. The van der Waals surface area contributed by atoms with Gasteiger partial charge in [-0.3, -0.25) is 0 Å². The number of alkyl halides is 3. The number of nitrogens with zero attached hydrogens (tertiary/aromatic N) is 2. The van der Waals surface area contributed by atoms with Crippen molar-refractivity contribution < 1.29 is 18.3 Å². The molecule has 0 aliphatic heterocycles. The molecule has 114 valence electrons. The topological polar surface area (TPSA) is 36.4 Å². The van der Waals surface area contributed by atoms with E-state index in [4.69, 9.17) is 5.11 Å². The van der Waals surface area contributed by atoms with E-state index in [0.29, 0.717) is 12.8 Å². The maximum absolute atomic E-state index is 13.2. The molecule has 3 nitrogen and oxygen atoms in total. The molecule has 1 rings (SSSR count). The Balaban J connectivity index is 3.32. The number of halogens is 4. The number of aromatic nitrogens is 1. The smallest absolute Gasteiger partial charge is 0.395 e. The van der Waals surface area contributed by atoms with Crippen molar-refractivity contribution in [1.29, 1.82) is 0 Å². The van der Waals surface area contributed by atoms with Crippen LogP contribution in [0.5, 0.6) is 0 Å². The number of pyridine rings is 1. The second-order valence-electron chi connectivity index (χ2n) is 4.41. The fourth-order valence-electron chi connectivity index (χ4n) is 2.17. The summed E-state index contributed by atoms with van der Waals surface area (Å²) in [6.07, 6.45) is -1.76. The van der Waals surface area contributed by atoms with E-state index in [9.17, 15) is 13.2 Å². The molecular weight excluding hydrogens is 337 g/mol. The standard InChI is InChI=1S/C13H18BrF3N2O/c1-3-10(4-2)19(5-6-20)12-11(13(15,16)17)7-9(14)8-18-12/h7-8,10,20H,3-6H2,1-2H3. The van der Waals surface area contributed by atoms with Crippen molar-refractivity contribution in [2.24, 2.45) is 0 Å². The van der Waals surface area contributed by atoms with Crippen molar-refractivity contribution in [1.82, 2.24) is 4.98 Å². The lowest BCUT2D eigenvalue weighted by molar-refractivity contribution is -0.137. The van der Waals surface area contributed by atoms with Gasteiger partial charge >= 0.3 is 6.18 Å². The zero-order valence-corrected chi connectivity index (χ0v) is 13.0. The molecule has 0 bridgehead atoms. The van der Waals surface area contributed by atoms with Crippen LogP contribution in [0.4, 0.5) is 19.0 Å². The molecule has 0 aliphatic rings. The highest BCUT2D eigenvalue weighted by Gasteiger charge is 2.37. The van der Waals surface area contributed by atoms with E-state index in [1.54, 1.807) is 0 Å². The summed E-state index contributed by atoms with van der Waals surface area (Å²) < 4.78 is 39.7. The molecule has 0 spiro atoms. The lowest BCUT2D eigenvalue weighted by Gasteiger charge is -2.32. The van der Waals surface area contributed by atoms with Gasteiger partial charge in [-0.15, -0.1) is 0 Å². The van der Waals surface area contributed by atoms with Gasteiger partial charge in [0.2, 0.25) is 0 Å². The molecule has 0 radical (unpaired) electrons. The van der Waals surface area contributed by atoms with Gasteiger partial charge in [0.05, 0.1) is 12.2 Å². The molecule has 0 aliphatic carbocycles. The third-order valence-corrected chi connectivity index (χ3v) is 3.57. The fraction of sp³-hybridized carbons (Fsp3) is 0.615. The van der Waals surface area contributed by atoms with Crippen molar-refractivity contribution in [3.05, 3.63) is 22.3 Å². The van der Waals surface area contributed by atoms with E-state index in [0.717, 1.165) is 6.07 Å². The summed E-state index contributed by atoms with van der Waals surface area (Å²) in [5.41, 5.74) is -0.785. The third-order valence-electron chi connectivity index (χ3n) is 3.13. The molecule has 1 aromatic heterocycles. The molecule has 0 atom stereocenters. The molecule has 0 aromatic carbocycles. The lowest BCUT2D eigenvalue weighted by Crippen LogP contribution is -2.38. The van der Waals surface area contributed by atoms with Gasteiger partial charge in [-0.2, -0.15) is 13.2 Å². The quantitative estimate of drug-likeness (QED) is 0.842. The van der Waals surface area contributed by atoms with Crippen molar-refractivity contribution in [2.75, 3.05) is 18.1 Å². The molecule has 20 heavy (non-hydrogen) atoms. The second kappa shape index (κ2) is 7.26. The zero-order chi connectivity index (χ0) is 15.3. The first-order valence-corrected chi connectivity index (χ1v) is 7.24. The summed E-state index contributed by atoms with van der Waals surface area (Å²) in [5.74, 6) is -0.122. The van der Waals surface area contributed by atoms with E-state index in [1.807, 2.05) is 13.8 Å². The number of hydrogen-bond acceptors (Lipinski definition) is 3. The van der Waals surface area contributed by atoms with Gasteiger partial charge in [-0.05, 0) is 34.8 Å². The molecule has 1 heterocycles. The van der Waals surface area contributed by atoms with Crippen molar-refractivity contribution in [2.45, 2.75) is 38.9 Å². The number of aliphatic hydroxyl groups is 1. The van der Waals surface area contributed by atoms with Crippen LogP contribution in [0.2, 0.25) is 0 Å². The van der Waals surface area contributed by atoms with Crippen molar-refractivity contribution in [3.8, 4) is 0 Å².